The van der Waals surface area contributed by atoms with Crippen molar-refractivity contribution in [1.29, 1.82) is 0 Å². The first-order valence-corrected chi connectivity index (χ1v) is 11.3. The van der Waals surface area contributed by atoms with Crippen molar-refractivity contribution in [1.82, 2.24) is 16.2 Å². The van der Waals surface area contributed by atoms with Crippen molar-refractivity contribution in [3.63, 3.8) is 0 Å². The monoisotopic (exact) mass is 541 g/mol. The van der Waals surface area contributed by atoms with E-state index in [0.717, 1.165) is 10.1 Å². The van der Waals surface area contributed by atoms with Gasteiger partial charge in [0.05, 0.1) is 17.2 Å². The quantitative estimate of drug-likeness (QED) is 0.245. The van der Waals surface area contributed by atoms with Crippen LogP contribution in [0.3, 0.4) is 0 Å². The maximum absolute atomic E-state index is 12.6. The molecule has 2 amide bonds. The number of benzene rings is 2. The van der Waals surface area contributed by atoms with Crippen molar-refractivity contribution in [3.8, 4) is 5.75 Å². The van der Waals surface area contributed by atoms with Crippen LogP contribution in [0.25, 0.3) is 10.1 Å². The topological polar surface area (TPSA) is 88.7 Å². The Morgan fingerprint density at radius 2 is 1.90 bits per heavy atom. The van der Waals surface area contributed by atoms with Crippen LogP contribution in [0.4, 0.5) is 0 Å². The van der Waals surface area contributed by atoms with Gasteiger partial charge in [0, 0.05) is 21.7 Å². The van der Waals surface area contributed by atoms with Crippen LogP contribution in [0.1, 0.15) is 20.0 Å². The third-order valence-electron chi connectivity index (χ3n) is 3.99. The molecule has 0 aliphatic rings. The maximum atomic E-state index is 12.6. The van der Waals surface area contributed by atoms with Crippen LogP contribution >= 0.6 is 51.1 Å². The van der Waals surface area contributed by atoms with E-state index in [1.54, 1.807) is 25.3 Å². The molecule has 0 atom stereocenters. The van der Waals surface area contributed by atoms with E-state index in [1.807, 2.05) is 24.3 Å². The van der Waals surface area contributed by atoms with E-state index in [-0.39, 0.29) is 17.3 Å². The van der Waals surface area contributed by atoms with E-state index in [1.165, 1.54) is 11.3 Å². The minimum absolute atomic E-state index is 0.0848. The lowest BCUT2D eigenvalue weighted by molar-refractivity contribution is 0.0936. The summed E-state index contributed by atoms with van der Waals surface area (Å²) in [6, 6.07) is 12.5. The molecule has 3 rings (SSSR count). The molecule has 31 heavy (non-hydrogen) atoms. The molecule has 0 bridgehead atoms. The van der Waals surface area contributed by atoms with Gasteiger partial charge in [0.25, 0.3) is 11.8 Å². The number of rotatable bonds is 6. The van der Waals surface area contributed by atoms with Gasteiger partial charge in [0.2, 0.25) is 0 Å². The first-order chi connectivity index (χ1) is 14.9. The maximum Gasteiger partial charge on any atom is 0.281 e. The molecule has 0 spiro atoms. The Kier molecular flexibility index (Phi) is 8.22. The van der Waals surface area contributed by atoms with Crippen molar-refractivity contribution < 1.29 is 19.1 Å². The summed E-state index contributed by atoms with van der Waals surface area (Å²) in [6.45, 7) is 0.663. The normalized spacial score (nSPS) is 10.5. The van der Waals surface area contributed by atoms with Crippen molar-refractivity contribution in [2.24, 2.45) is 0 Å². The average Bonchev–Trinajstić information content (AvgIpc) is 3.10. The van der Waals surface area contributed by atoms with Gasteiger partial charge in [0.1, 0.15) is 17.2 Å². The molecule has 0 aliphatic carbocycles. The Labute approximate surface area is 201 Å². The number of ether oxygens (including phenoxy) is 2. The van der Waals surface area contributed by atoms with Gasteiger partial charge in [-0.15, -0.1) is 11.3 Å². The van der Waals surface area contributed by atoms with Crippen LogP contribution in [0.15, 0.2) is 46.9 Å². The van der Waals surface area contributed by atoms with E-state index in [9.17, 15) is 9.59 Å². The summed E-state index contributed by atoms with van der Waals surface area (Å²) in [6.07, 6.45) is 0. The zero-order valence-corrected chi connectivity index (χ0v) is 20.1. The fraction of sp³-hybridized carbons (Fsp3) is 0.150. The van der Waals surface area contributed by atoms with Crippen LogP contribution in [-0.4, -0.2) is 37.3 Å². The van der Waals surface area contributed by atoms with Crippen molar-refractivity contribution in [2.75, 3.05) is 20.3 Å². The second-order valence-electron chi connectivity index (χ2n) is 6.09. The molecule has 0 fully saturated rings. The fourth-order valence-electron chi connectivity index (χ4n) is 2.57. The number of hydrogen-bond acceptors (Lipinski definition) is 6. The lowest BCUT2D eigenvalue weighted by atomic mass is 10.2. The van der Waals surface area contributed by atoms with Crippen LogP contribution in [0.5, 0.6) is 5.75 Å². The van der Waals surface area contributed by atoms with Gasteiger partial charge in [-0.1, -0.05) is 45.7 Å². The number of nitrogens with one attached hydrogen (secondary N) is 3. The number of thiocarbonyl (C=S) groups is 1. The molecule has 2 aromatic carbocycles. The number of hydrazine groups is 1. The van der Waals surface area contributed by atoms with E-state index >= 15 is 0 Å². The Hall–Kier alpha value is -2.24. The van der Waals surface area contributed by atoms with Gasteiger partial charge < -0.3 is 9.47 Å². The predicted octanol–water partition coefficient (Wildman–Crippen LogP) is 4.29. The molecule has 0 aliphatic heterocycles. The number of halogens is 2. The fourth-order valence-corrected chi connectivity index (χ4v) is 4.49. The number of hydrogen-bond donors (Lipinski definition) is 3. The third kappa shape index (κ3) is 5.92. The summed E-state index contributed by atoms with van der Waals surface area (Å²) in [4.78, 5) is 25.5. The lowest BCUT2D eigenvalue weighted by Crippen LogP contribution is -2.48. The Balaban J connectivity index is 1.61. The highest BCUT2D eigenvalue weighted by molar-refractivity contribution is 9.10. The van der Waals surface area contributed by atoms with E-state index in [2.05, 4.69) is 32.1 Å². The molecule has 7 nitrogen and oxygen atoms in total. The molecular weight excluding hydrogens is 526 g/mol. The first-order valence-electron chi connectivity index (χ1n) is 8.90. The van der Waals surface area contributed by atoms with Crippen molar-refractivity contribution in [2.45, 2.75) is 0 Å². The molecule has 3 aromatic rings. The standard InChI is InChI=1S/C20H17BrClN3O4S2/c1-28-8-9-29-14-7-6-11(21)10-13(14)18(26)23-20(30)25-24-19(27)17-16(22)12-4-2-3-5-15(12)31-17/h2-7,10H,8-9H2,1H3,(H,24,27)(H2,23,25,26,30). The van der Waals surface area contributed by atoms with Gasteiger partial charge in [-0.2, -0.15) is 0 Å². The van der Waals surface area contributed by atoms with E-state index in [4.69, 9.17) is 33.3 Å². The second kappa shape index (κ2) is 10.9. The lowest BCUT2D eigenvalue weighted by Gasteiger charge is -2.13. The van der Waals surface area contributed by atoms with E-state index in [0.29, 0.717) is 26.7 Å². The highest BCUT2D eigenvalue weighted by Crippen LogP contribution is 2.34. The van der Waals surface area contributed by atoms with Gasteiger partial charge in [-0.3, -0.25) is 25.8 Å². The molecule has 0 saturated carbocycles. The predicted molar refractivity (Wildman–Crippen MR) is 129 cm³/mol. The smallest absolute Gasteiger partial charge is 0.281 e. The molecule has 162 valence electrons. The van der Waals surface area contributed by atoms with Gasteiger partial charge >= 0.3 is 0 Å². The SMILES string of the molecule is COCCOc1ccc(Br)cc1C(=O)NC(=S)NNC(=O)c1sc2ccccc2c1Cl. The summed E-state index contributed by atoms with van der Waals surface area (Å²) in [5, 5.41) is 3.58. The zero-order chi connectivity index (χ0) is 22.4. The molecule has 1 aromatic heterocycles. The molecular formula is C20H17BrClN3O4S2. The van der Waals surface area contributed by atoms with Gasteiger partial charge in [-0.25, -0.2) is 0 Å². The highest BCUT2D eigenvalue weighted by atomic mass is 79.9. The number of thiophene rings is 1. The highest BCUT2D eigenvalue weighted by Gasteiger charge is 2.18. The van der Waals surface area contributed by atoms with Gasteiger partial charge in [0.15, 0.2) is 5.11 Å². The molecule has 0 radical (unpaired) electrons. The first kappa shape index (κ1) is 23.4. The van der Waals surface area contributed by atoms with Crippen LogP contribution < -0.4 is 20.9 Å². The zero-order valence-electron chi connectivity index (χ0n) is 16.2. The van der Waals surface area contributed by atoms with Crippen molar-refractivity contribution >= 4 is 78.1 Å². The summed E-state index contributed by atoms with van der Waals surface area (Å²) in [5.74, 6) is -0.587. The summed E-state index contributed by atoms with van der Waals surface area (Å²) < 4.78 is 12.1. The van der Waals surface area contributed by atoms with Crippen LogP contribution in [-0.2, 0) is 4.74 Å². The number of methoxy groups -OCH3 is 1. The second-order valence-corrected chi connectivity index (χ2v) is 8.84. The third-order valence-corrected chi connectivity index (χ3v) is 6.36. The number of carbonyl (C=O) groups excluding carboxylic acids is 2. The van der Waals surface area contributed by atoms with Gasteiger partial charge in [-0.05, 0) is 36.5 Å². The average molecular weight is 543 g/mol. The van der Waals surface area contributed by atoms with Crippen LogP contribution in [0, 0.1) is 0 Å². The Bertz CT molecular complexity index is 1140. The summed E-state index contributed by atoms with van der Waals surface area (Å²) in [5.41, 5.74) is 5.24. The minimum Gasteiger partial charge on any atom is -0.490 e. The molecule has 0 saturated heterocycles. The molecule has 11 heteroatoms. The Morgan fingerprint density at radius 1 is 1.13 bits per heavy atom. The molecule has 3 N–H and O–H groups in total. The summed E-state index contributed by atoms with van der Waals surface area (Å²) in [7, 11) is 1.56. The number of carbonyl (C=O) groups is 2. The minimum atomic E-state index is -0.500. The number of amides is 2. The Morgan fingerprint density at radius 3 is 2.65 bits per heavy atom. The van der Waals surface area contributed by atoms with Crippen LogP contribution in [0.2, 0.25) is 5.02 Å². The van der Waals surface area contributed by atoms with Crippen molar-refractivity contribution in [3.05, 3.63) is 62.4 Å². The molecule has 0 unspecified atom stereocenters. The number of fused-ring (bicyclic) bond motifs is 1. The van der Waals surface area contributed by atoms with E-state index < -0.39 is 11.8 Å². The molecule has 1 heterocycles. The summed E-state index contributed by atoms with van der Waals surface area (Å²) >= 11 is 16.0. The largest absolute Gasteiger partial charge is 0.490 e.